The number of aryl methyl sites for hydroxylation is 2. The molecule has 1 unspecified atom stereocenters. The van der Waals surface area contributed by atoms with Crippen molar-refractivity contribution in [3.05, 3.63) is 70.8 Å². The van der Waals surface area contributed by atoms with Crippen LogP contribution in [0.4, 0.5) is 0 Å². The Hall–Kier alpha value is -1.60. The third-order valence-corrected chi connectivity index (χ3v) is 3.72. The number of hydrogen-bond acceptors (Lipinski definition) is 1. The van der Waals surface area contributed by atoms with Crippen LogP contribution in [-0.2, 0) is 0 Å². The molecule has 2 aromatic carbocycles. The SMILES string of the molecule is Cc1ccc(C)c(C(NCC(C)(C)C)c2ccccc2)c1. The third kappa shape index (κ3) is 4.44. The van der Waals surface area contributed by atoms with Crippen LogP contribution in [0.3, 0.4) is 0 Å². The Balaban J connectivity index is 2.38. The standard InChI is InChI=1S/C20H27N/c1-15-11-12-16(2)18(13-15)19(21-14-20(3,4)5)17-9-7-6-8-10-17/h6-13,19,21H,14H2,1-5H3. The van der Waals surface area contributed by atoms with Gasteiger partial charge in [0.2, 0.25) is 0 Å². The molecule has 0 radical (unpaired) electrons. The van der Waals surface area contributed by atoms with Crippen LogP contribution >= 0.6 is 0 Å². The zero-order chi connectivity index (χ0) is 15.5. The summed E-state index contributed by atoms with van der Waals surface area (Å²) in [5.41, 5.74) is 5.64. The Morgan fingerprint density at radius 2 is 1.62 bits per heavy atom. The smallest absolute Gasteiger partial charge is 0.0579 e. The van der Waals surface area contributed by atoms with E-state index in [0.717, 1.165) is 6.54 Å². The lowest BCUT2D eigenvalue weighted by molar-refractivity contribution is 0.365. The van der Waals surface area contributed by atoms with Crippen LogP contribution < -0.4 is 5.32 Å². The van der Waals surface area contributed by atoms with Crippen molar-refractivity contribution in [2.75, 3.05) is 6.54 Å². The molecule has 0 aliphatic heterocycles. The number of rotatable bonds is 4. The first-order valence-corrected chi connectivity index (χ1v) is 7.72. The van der Waals surface area contributed by atoms with Gasteiger partial charge in [0.15, 0.2) is 0 Å². The van der Waals surface area contributed by atoms with E-state index in [4.69, 9.17) is 0 Å². The minimum Gasteiger partial charge on any atom is -0.306 e. The maximum absolute atomic E-state index is 3.76. The normalized spacial score (nSPS) is 13.2. The lowest BCUT2D eigenvalue weighted by Crippen LogP contribution is -2.31. The molecule has 21 heavy (non-hydrogen) atoms. The summed E-state index contributed by atoms with van der Waals surface area (Å²) in [5, 5.41) is 3.76. The fourth-order valence-electron chi connectivity index (χ4n) is 2.53. The molecule has 0 amide bonds. The van der Waals surface area contributed by atoms with Crippen molar-refractivity contribution in [1.29, 1.82) is 0 Å². The molecule has 1 heteroatoms. The van der Waals surface area contributed by atoms with Gasteiger partial charge in [0.05, 0.1) is 6.04 Å². The van der Waals surface area contributed by atoms with E-state index in [0.29, 0.717) is 0 Å². The maximum Gasteiger partial charge on any atom is 0.0579 e. The largest absolute Gasteiger partial charge is 0.306 e. The van der Waals surface area contributed by atoms with Gasteiger partial charge in [-0.2, -0.15) is 0 Å². The number of nitrogens with one attached hydrogen (secondary N) is 1. The van der Waals surface area contributed by atoms with E-state index in [-0.39, 0.29) is 11.5 Å². The summed E-state index contributed by atoms with van der Waals surface area (Å²) in [6, 6.07) is 17.7. The van der Waals surface area contributed by atoms with Gasteiger partial charge in [-0.15, -0.1) is 0 Å². The molecule has 2 rings (SSSR count). The van der Waals surface area contributed by atoms with Crippen LogP contribution in [0.15, 0.2) is 48.5 Å². The molecular weight excluding hydrogens is 254 g/mol. The first-order valence-electron chi connectivity index (χ1n) is 7.72. The van der Waals surface area contributed by atoms with Crippen molar-refractivity contribution in [3.8, 4) is 0 Å². The highest BCUT2D eigenvalue weighted by molar-refractivity contribution is 5.39. The van der Waals surface area contributed by atoms with Crippen LogP contribution in [0.25, 0.3) is 0 Å². The van der Waals surface area contributed by atoms with Gasteiger partial charge >= 0.3 is 0 Å². The van der Waals surface area contributed by atoms with E-state index in [1.807, 2.05) is 0 Å². The molecule has 0 aliphatic rings. The number of hydrogen-bond donors (Lipinski definition) is 1. The molecule has 1 nitrogen and oxygen atoms in total. The quantitative estimate of drug-likeness (QED) is 0.829. The highest BCUT2D eigenvalue weighted by atomic mass is 14.9. The summed E-state index contributed by atoms with van der Waals surface area (Å²) in [7, 11) is 0. The van der Waals surface area contributed by atoms with Crippen molar-refractivity contribution in [1.82, 2.24) is 5.32 Å². The highest BCUT2D eigenvalue weighted by Gasteiger charge is 2.19. The second-order valence-corrected chi connectivity index (χ2v) is 7.15. The predicted octanol–water partition coefficient (Wildman–Crippen LogP) is 5.03. The average molecular weight is 281 g/mol. The summed E-state index contributed by atoms with van der Waals surface area (Å²) in [4.78, 5) is 0. The molecule has 0 aromatic heterocycles. The van der Waals surface area contributed by atoms with Crippen LogP contribution in [0.5, 0.6) is 0 Å². The monoisotopic (exact) mass is 281 g/mol. The van der Waals surface area contributed by atoms with Gasteiger partial charge in [0, 0.05) is 6.54 Å². The number of benzene rings is 2. The lowest BCUT2D eigenvalue weighted by atomic mass is 9.91. The van der Waals surface area contributed by atoms with Gasteiger partial charge < -0.3 is 5.32 Å². The van der Waals surface area contributed by atoms with E-state index >= 15 is 0 Å². The molecule has 0 spiro atoms. The van der Waals surface area contributed by atoms with Gasteiger partial charge in [0.1, 0.15) is 0 Å². The molecule has 112 valence electrons. The van der Waals surface area contributed by atoms with Gasteiger partial charge in [-0.1, -0.05) is 74.9 Å². The second kappa shape index (κ2) is 6.44. The zero-order valence-corrected chi connectivity index (χ0v) is 13.9. The van der Waals surface area contributed by atoms with Crippen LogP contribution in [0, 0.1) is 19.3 Å². The van der Waals surface area contributed by atoms with E-state index in [1.54, 1.807) is 0 Å². The van der Waals surface area contributed by atoms with Crippen molar-refractivity contribution in [3.63, 3.8) is 0 Å². The molecule has 0 fully saturated rings. The fraction of sp³-hybridized carbons (Fsp3) is 0.400. The molecule has 0 heterocycles. The Morgan fingerprint density at radius 3 is 2.24 bits per heavy atom. The molecule has 1 N–H and O–H groups in total. The van der Waals surface area contributed by atoms with E-state index in [9.17, 15) is 0 Å². The van der Waals surface area contributed by atoms with E-state index in [2.05, 4.69) is 88.5 Å². The molecule has 0 bridgehead atoms. The maximum atomic E-state index is 3.76. The van der Waals surface area contributed by atoms with Gasteiger partial charge in [0.25, 0.3) is 0 Å². The zero-order valence-electron chi connectivity index (χ0n) is 13.9. The van der Waals surface area contributed by atoms with E-state index in [1.165, 1.54) is 22.3 Å². The van der Waals surface area contributed by atoms with Crippen molar-refractivity contribution in [2.24, 2.45) is 5.41 Å². The molecular formula is C20H27N. The van der Waals surface area contributed by atoms with Crippen molar-refractivity contribution < 1.29 is 0 Å². The summed E-state index contributed by atoms with van der Waals surface area (Å²) in [6.07, 6.45) is 0. The Kier molecular flexibility index (Phi) is 4.84. The summed E-state index contributed by atoms with van der Waals surface area (Å²) in [6.45, 7) is 12.2. The van der Waals surface area contributed by atoms with Crippen molar-refractivity contribution in [2.45, 2.75) is 40.7 Å². The van der Waals surface area contributed by atoms with Crippen LogP contribution in [0.2, 0.25) is 0 Å². The molecule has 1 atom stereocenters. The van der Waals surface area contributed by atoms with Crippen LogP contribution in [-0.4, -0.2) is 6.54 Å². The average Bonchev–Trinajstić information content (AvgIpc) is 2.43. The lowest BCUT2D eigenvalue weighted by Gasteiger charge is -2.27. The topological polar surface area (TPSA) is 12.0 Å². The van der Waals surface area contributed by atoms with Gasteiger partial charge in [-0.05, 0) is 36.0 Å². The van der Waals surface area contributed by atoms with Crippen LogP contribution in [0.1, 0.15) is 49.1 Å². The fourth-order valence-corrected chi connectivity index (χ4v) is 2.53. The van der Waals surface area contributed by atoms with Gasteiger partial charge in [-0.3, -0.25) is 0 Å². The predicted molar refractivity (Wildman–Crippen MR) is 91.7 cm³/mol. The highest BCUT2D eigenvalue weighted by Crippen LogP contribution is 2.27. The minimum atomic E-state index is 0.255. The minimum absolute atomic E-state index is 0.255. The molecule has 0 saturated heterocycles. The Bertz CT molecular complexity index is 579. The second-order valence-electron chi connectivity index (χ2n) is 7.15. The molecule has 0 aliphatic carbocycles. The van der Waals surface area contributed by atoms with Gasteiger partial charge in [-0.25, -0.2) is 0 Å². The molecule has 0 saturated carbocycles. The summed E-state index contributed by atoms with van der Waals surface area (Å²) in [5.74, 6) is 0. The van der Waals surface area contributed by atoms with Crippen molar-refractivity contribution >= 4 is 0 Å². The van der Waals surface area contributed by atoms with E-state index < -0.39 is 0 Å². The Morgan fingerprint density at radius 1 is 0.952 bits per heavy atom. The summed E-state index contributed by atoms with van der Waals surface area (Å²) >= 11 is 0. The Labute approximate surface area is 129 Å². The third-order valence-electron chi connectivity index (χ3n) is 3.72. The summed E-state index contributed by atoms with van der Waals surface area (Å²) < 4.78 is 0. The first-order chi connectivity index (χ1) is 9.87. The first kappa shape index (κ1) is 15.8. The molecule has 2 aromatic rings.